The Morgan fingerprint density at radius 2 is 1.94 bits per heavy atom. The van der Waals surface area contributed by atoms with Crippen LogP contribution in [0.1, 0.15) is 40.4 Å². The molecule has 0 radical (unpaired) electrons. The molecular weight excluding hydrogens is 455 g/mol. The van der Waals surface area contributed by atoms with Crippen molar-refractivity contribution in [3.05, 3.63) is 71.2 Å². The van der Waals surface area contributed by atoms with E-state index in [4.69, 9.17) is 5.73 Å². The lowest BCUT2D eigenvalue weighted by molar-refractivity contribution is -0.142. The van der Waals surface area contributed by atoms with Crippen molar-refractivity contribution in [3.63, 3.8) is 0 Å². The third-order valence-electron chi connectivity index (χ3n) is 6.28. The number of fused-ring (bicyclic) bond motifs is 1. The molecule has 6 N–H and O–H groups in total. The number of hydrogen-bond donors (Lipinski definition) is 5. The second kappa shape index (κ2) is 9.96. The maximum Gasteiger partial charge on any atom is 0.326 e. The average molecular weight is 480 g/mol. The molecule has 10 heteroatoms. The van der Waals surface area contributed by atoms with Crippen molar-refractivity contribution in [1.29, 1.82) is 0 Å². The minimum Gasteiger partial charge on any atom is -0.480 e. The van der Waals surface area contributed by atoms with Crippen molar-refractivity contribution in [1.82, 2.24) is 15.6 Å². The number of carbonyl (C=O) groups is 4. The topological polar surface area (TPSA) is 154 Å². The Bertz CT molecular complexity index is 1300. The molecule has 1 aliphatic heterocycles. The van der Waals surface area contributed by atoms with Gasteiger partial charge in [-0.05, 0) is 43.0 Å². The van der Waals surface area contributed by atoms with Gasteiger partial charge in [-0.15, -0.1) is 0 Å². The quantitative estimate of drug-likeness (QED) is 0.316. The van der Waals surface area contributed by atoms with Crippen LogP contribution in [0.4, 0.5) is 4.39 Å². The van der Waals surface area contributed by atoms with Gasteiger partial charge in [-0.1, -0.05) is 30.3 Å². The Morgan fingerprint density at radius 1 is 1.17 bits per heavy atom. The molecule has 2 aromatic carbocycles. The van der Waals surface area contributed by atoms with Gasteiger partial charge < -0.3 is 26.5 Å². The lowest BCUT2D eigenvalue weighted by Gasteiger charge is -2.22. The van der Waals surface area contributed by atoms with Crippen molar-refractivity contribution < 1.29 is 28.7 Å². The van der Waals surface area contributed by atoms with Crippen LogP contribution in [0.25, 0.3) is 10.9 Å². The maximum absolute atomic E-state index is 13.9. The van der Waals surface area contributed by atoms with E-state index in [0.717, 1.165) is 0 Å². The van der Waals surface area contributed by atoms with Crippen LogP contribution in [0.2, 0.25) is 0 Å². The predicted octanol–water partition coefficient (Wildman–Crippen LogP) is 1.83. The van der Waals surface area contributed by atoms with Crippen LogP contribution in [0.3, 0.4) is 0 Å². The standard InChI is InChI=1S/C25H25FN4O5/c26-15-5-3-4-13(10-15)11-17(20-16-6-1-2-7-18(16)29-21(20)22(27)31)24(33)30-19(25(34)35)12-14-8-9-28-23(14)32/h1-7,10,14,17,19,29H,8-9,11-12H2,(H2,27,31)(H,28,32)(H,30,33)(H,34,35)/t14-,17-,19-/m0/s1. The first-order valence-electron chi connectivity index (χ1n) is 11.2. The van der Waals surface area contributed by atoms with E-state index in [0.29, 0.717) is 35.0 Å². The number of hydrogen-bond acceptors (Lipinski definition) is 4. The molecule has 1 fully saturated rings. The lowest BCUT2D eigenvalue weighted by atomic mass is 9.88. The summed E-state index contributed by atoms with van der Waals surface area (Å²) in [6.45, 7) is 0.448. The number of rotatable bonds is 9. The highest BCUT2D eigenvalue weighted by Crippen LogP contribution is 2.32. The van der Waals surface area contributed by atoms with E-state index in [1.807, 2.05) is 0 Å². The fourth-order valence-electron chi connectivity index (χ4n) is 4.59. The molecule has 3 amide bonds. The molecule has 4 rings (SSSR count). The van der Waals surface area contributed by atoms with Gasteiger partial charge in [0.15, 0.2) is 0 Å². The highest BCUT2D eigenvalue weighted by molar-refractivity contribution is 6.04. The van der Waals surface area contributed by atoms with Crippen LogP contribution in [-0.2, 0) is 20.8 Å². The number of para-hydroxylation sites is 1. The van der Waals surface area contributed by atoms with Crippen LogP contribution in [0.15, 0.2) is 48.5 Å². The zero-order chi connectivity index (χ0) is 25.1. The average Bonchev–Trinajstić information content (AvgIpc) is 3.40. The number of carboxylic acid groups (broad SMARTS) is 1. The molecule has 1 aromatic heterocycles. The normalized spacial score (nSPS) is 17.1. The molecule has 1 aliphatic rings. The second-order valence-electron chi connectivity index (χ2n) is 8.62. The third kappa shape index (κ3) is 5.16. The zero-order valence-electron chi connectivity index (χ0n) is 18.7. The smallest absolute Gasteiger partial charge is 0.326 e. The second-order valence-corrected chi connectivity index (χ2v) is 8.62. The van der Waals surface area contributed by atoms with Crippen molar-refractivity contribution >= 4 is 34.6 Å². The Balaban J connectivity index is 1.73. The van der Waals surface area contributed by atoms with Crippen LogP contribution in [0.5, 0.6) is 0 Å². The highest BCUT2D eigenvalue weighted by Gasteiger charge is 2.35. The monoisotopic (exact) mass is 480 g/mol. The molecule has 0 spiro atoms. The largest absolute Gasteiger partial charge is 0.480 e. The summed E-state index contributed by atoms with van der Waals surface area (Å²) in [7, 11) is 0. The fourth-order valence-corrected chi connectivity index (χ4v) is 4.59. The maximum atomic E-state index is 13.9. The van der Waals surface area contributed by atoms with E-state index in [-0.39, 0.29) is 24.4 Å². The van der Waals surface area contributed by atoms with E-state index in [9.17, 15) is 28.7 Å². The van der Waals surface area contributed by atoms with Gasteiger partial charge in [0.1, 0.15) is 17.6 Å². The van der Waals surface area contributed by atoms with Gasteiger partial charge in [-0.25, -0.2) is 9.18 Å². The van der Waals surface area contributed by atoms with Crippen molar-refractivity contribution in [2.45, 2.75) is 31.2 Å². The number of primary amides is 1. The lowest BCUT2D eigenvalue weighted by Crippen LogP contribution is -2.45. The molecule has 3 aromatic rings. The Labute approximate surface area is 199 Å². The summed E-state index contributed by atoms with van der Waals surface area (Å²) in [5, 5.41) is 15.5. The number of aromatic amines is 1. The summed E-state index contributed by atoms with van der Waals surface area (Å²) in [6, 6.07) is 11.3. The Kier molecular flexibility index (Phi) is 6.81. The number of carboxylic acids is 1. The molecule has 2 heterocycles. The van der Waals surface area contributed by atoms with E-state index >= 15 is 0 Å². The van der Waals surface area contributed by atoms with Gasteiger partial charge in [0.25, 0.3) is 5.91 Å². The third-order valence-corrected chi connectivity index (χ3v) is 6.28. The molecular formula is C25H25FN4O5. The number of halogens is 1. The minimum atomic E-state index is -1.33. The van der Waals surface area contributed by atoms with Crippen LogP contribution in [0, 0.1) is 11.7 Å². The first-order valence-corrected chi connectivity index (χ1v) is 11.2. The van der Waals surface area contributed by atoms with Crippen molar-refractivity contribution in [3.8, 4) is 0 Å². The number of nitrogens with two attached hydrogens (primary N) is 1. The number of H-pyrrole nitrogens is 1. The van der Waals surface area contributed by atoms with E-state index < -0.39 is 41.5 Å². The summed E-state index contributed by atoms with van der Waals surface area (Å²) in [4.78, 5) is 52.7. The van der Waals surface area contributed by atoms with E-state index in [1.54, 1.807) is 30.3 Å². The van der Waals surface area contributed by atoms with Crippen LogP contribution in [-0.4, -0.2) is 46.4 Å². The first kappa shape index (κ1) is 23.9. The van der Waals surface area contributed by atoms with E-state index in [1.165, 1.54) is 18.2 Å². The van der Waals surface area contributed by atoms with E-state index in [2.05, 4.69) is 15.6 Å². The fraction of sp³-hybridized carbons (Fsp3) is 0.280. The predicted molar refractivity (Wildman–Crippen MR) is 125 cm³/mol. The summed E-state index contributed by atoms with van der Waals surface area (Å²) < 4.78 is 13.9. The summed E-state index contributed by atoms with van der Waals surface area (Å²) in [6.07, 6.45) is 0.387. The number of nitrogens with one attached hydrogen (secondary N) is 3. The molecule has 0 unspecified atom stereocenters. The Hall–Kier alpha value is -4.21. The van der Waals surface area contributed by atoms with Crippen LogP contribution < -0.4 is 16.4 Å². The van der Waals surface area contributed by atoms with Gasteiger partial charge in [-0.2, -0.15) is 0 Å². The summed E-state index contributed by atoms with van der Waals surface area (Å²) in [5.41, 5.74) is 6.98. The van der Waals surface area contributed by atoms with Gasteiger partial charge in [0.2, 0.25) is 11.8 Å². The molecule has 1 saturated heterocycles. The number of carbonyl (C=O) groups excluding carboxylic acids is 3. The minimum absolute atomic E-state index is 0.0119. The van der Waals surface area contributed by atoms with Crippen molar-refractivity contribution in [2.24, 2.45) is 11.7 Å². The summed E-state index contributed by atoms with van der Waals surface area (Å²) >= 11 is 0. The van der Waals surface area contributed by atoms with Gasteiger partial charge in [-0.3, -0.25) is 14.4 Å². The van der Waals surface area contributed by atoms with Crippen LogP contribution >= 0.6 is 0 Å². The number of aromatic nitrogens is 1. The number of amides is 3. The molecule has 35 heavy (non-hydrogen) atoms. The number of aliphatic carboxylic acids is 1. The first-order chi connectivity index (χ1) is 16.7. The zero-order valence-corrected chi connectivity index (χ0v) is 18.7. The van der Waals surface area contributed by atoms with Gasteiger partial charge in [0, 0.05) is 28.9 Å². The number of benzene rings is 2. The molecule has 0 saturated carbocycles. The highest BCUT2D eigenvalue weighted by atomic mass is 19.1. The molecule has 0 bridgehead atoms. The van der Waals surface area contributed by atoms with Gasteiger partial charge in [0.05, 0.1) is 5.92 Å². The molecule has 9 nitrogen and oxygen atoms in total. The Morgan fingerprint density at radius 3 is 2.60 bits per heavy atom. The molecule has 3 atom stereocenters. The molecule has 0 aliphatic carbocycles. The SMILES string of the molecule is NC(=O)c1[nH]c2ccccc2c1[C@H](Cc1cccc(F)c1)C(=O)N[C@@H](C[C@@H]1CCNC1=O)C(=O)O. The summed E-state index contributed by atoms with van der Waals surface area (Å²) in [5.74, 6) is -5.09. The van der Waals surface area contributed by atoms with Crippen molar-refractivity contribution in [2.75, 3.05) is 6.54 Å². The van der Waals surface area contributed by atoms with Gasteiger partial charge >= 0.3 is 5.97 Å². The molecule has 182 valence electrons.